The van der Waals surface area contributed by atoms with Crippen LogP contribution >= 0.6 is 15.9 Å². The Hall–Kier alpha value is -0.690. The fraction of sp³-hybridized carbons (Fsp3) is 0.556. The van der Waals surface area contributed by atoms with Gasteiger partial charge in [0.25, 0.3) is 5.56 Å². The van der Waals surface area contributed by atoms with E-state index in [9.17, 15) is 13.2 Å². The minimum atomic E-state index is -3.06. The molecule has 1 aromatic heterocycles. The molecular formula is C9H13BrN2O3S. The Morgan fingerprint density at radius 1 is 1.44 bits per heavy atom. The molecule has 1 heterocycles. The van der Waals surface area contributed by atoms with E-state index in [1.807, 2.05) is 6.92 Å². The topological polar surface area (TPSA) is 69.0 Å². The maximum absolute atomic E-state index is 11.5. The highest BCUT2D eigenvalue weighted by atomic mass is 79.9. The number of hydrogen-bond donors (Lipinski definition) is 0. The molecule has 0 aliphatic carbocycles. The van der Waals surface area contributed by atoms with Crippen LogP contribution in [0.15, 0.2) is 21.8 Å². The van der Waals surface area contributed by atoms with Crippen molar-refractivity contribution in [3.63, 3.8) is 0 Å². The average molecular weight is 309 g/mol. The van der Waals surface area contributed by atoms with Crippen molar-refractivity contribution in [2.45, 2.75) is 19.9 Å². The van der Waals surface area contributed by atoms with Crippen molar-refractivity contribution < 1.29 is 8.42 Å². The molecule has 0 N–H and O–H groups in total. The number of aromatic nitrogens is 2. The maximum atomic E-state index is 11.5. The molecule has 0 aliphatic rings. The molecule has 0 radical (unpaired) electrons. The lowest BCUT2D eigenvalue weighted by atomic mass is 10.6. The summed E-state index contributed by atoms with van der Waals surface area (Å²) in [6, 6.07) is 0. The van der Waals surface area contributed by atoms with Gasteiger partial charge in [0.1, 0.15) is 4.47 Å². The summed E-state index contributed by atoms with van der Waals surface area (Å²) in [6.07, 6.45) is 3.32. The molecule has 0 aromatic carbocycles. The Balaban J connectivity index is 2.76. The van der Waals surface area contributed by atoms with E-state index in [1.54, 1.807) is 0 Å². The summed E-state index contributed by atoms with van der Waals surface area (Å²) < 4.78 is 24.5. The first kappa shape index (κ1) is 13.4. The Morgan fingerprint density at radius 2 is 2.12 bits per heavy atom. The van der Waals surface area contributed by atoms with Crippen LogP contribution in [-0.2, 0) is 16.4 Å². The first-order valence-corrected chi connectivity index (χ1v) is 7.48. The largest absolute Gasteiger partial charge is 0.297 e. The standard InChI is InChI=1S/C9H13BrN2O3S/c1-2-4-16(14,15)5-3-12-7-11-6-8(10)9(12)13/h6-7H,2-5H2,1H3. The first-order valence-electron chi connectivity index (χ1n) is 4.86. The van der Waals surface area contributed by atoms with Gasteiger partial charge in [-0.05, 0) is 22.4 Å². The van der Waals surface area contributed by atoms with E-state index in [0.29, 0.717) is 10.9 Å². The second-order valence-corrected chi connectivity index (χ2v) is 6.55. The molecule has 7 heteroatoms. The number of hydrogen-bond acceptors (Lipinski definition) is 4. The van der Waals surface area contributed by atoms with Crippen LogP contribution in [0.2, 0.25) is 0 Å². The van der Waals surface area contributed by atoms with Gasteiger partial charge in [-0.3, -0.25) is 9.36 Å². The van der Waals surface area contributed by atoms with Gasteiger partial charge >= 0.3 is 0 Å². The molecule has 0 atom stereocenters. The van der Waals surface area contributed by atoms with Crippen molar-refractivity contribution in [3.8, 4) is 0 Å². The lowest BCUT2D eigenvalue weighted by Crippen LogP contribution is -2.25. The molecule has 0 fully saturated rings. The number of rotatable bonds is 5. The number of nitrogens with zero attached hydrogens (tertiary/aromatic N) is 2. The minimum absolute atomic E-state index is 0.0289. The van der Waals surface area contributed by atoms with Gasteiger partial charge in [0.2, 0.25) is 0 Å². The Morgan fingerprint density at radius 3 is 2.75 bits per heavy atom. The van der Waals surface area contributed by atoms with E-state index in [4.69, 9.17) is 0 Å². The Bertz CT molecular complexity index is 510. The van der Waals surface area contributed by atoms with Crippen molar-refractivity contribution in [3.05, 3.63) is 27.4 Å². The van der Waals surface area contributed by atoms with E-state index >= 15 is 0 Å². The molecule has 0 spiro atoms. The van der Waals surface area contributed by atoms with Crippen molar-refractivity contribution in [1.29, 1.82) is 0 Å². The molecule has 90 valence electrons. The van der Waals surface area contributed by atoms with E-state index < -0.39 is 9.84 Å². The second-order valence-electron chi connectivity index (χ2n) is 3.39. The quantitative estimate of drug-likeness (QED) is 0.808. The zero-order valence-corrected chi connectivity index (χ0v) is 11.3. The lowest BCUT2D eigenvalue weighted by molar-refractivity contribution is 0.584. The predicted molar refractivity (Wildman–Crippen MR) is 65.1 cm³/mol. The Labute approximate surface area is 103 Å². The van der Waals surface area contributed by atoms with Crippen LogP contribution in [0.1, 0.15) is 13.3 Å². The normalized spacial score (nSPS) is 11.6. The summed E-state index contributed by atoms with van der Waals surface area (Å²) in [6.45, 7) is 1.96. The maximum Gasteiger partial charge on any atom is 0.267 e. The molecule has 1 rings (SSSR count). The summed E-state index contributed by atoms with van der Waals surface area (Å²) in [5.41, 5.74) is -0.262. The molecular weight excluding hydrogens is 296 g/mol. The SMILES string of the molecule is CCCS(=O)(=O)CCn1cncc(Br)c1=O. The van der Waals surface area contributed by atoms with E-state index in [2.05, 4.69) is 20.9 Å². The number of halogens is 1. The van der Waals surface area contributed by atoms with Crippen LogP contribution in [0.25, 0.3) is 0 Å². The fourth-order valence-corrected chi connectivity index (χ4v) is 2.88. The van der Waals surface area contributed by atoms with E-state index in [-0.39, 0.29) is 23.6 Å². The van der Waals surface area contributed by atoms with Gasteiger partial charge in [-0.1, -0.05) is 6.92 Å². The van der Waals surface area contributed by atoms with Crippen molar-refractivity contribution in [2.24, 2.45) is 0 Å². The third-order valence-corrected chi connectivity index (χ3v) is 4.40. The van der Waals surface area contributed by atoms with Gasteiger partial charge in [-0.2, -0.15) is 0 Å². The first-order chi connectivity index (χ1) is 7.46. The Kier molecular flexibility index (Phi) is 4.67. The lowest BCUT2D eigenvalue weighted by Gasteiger charge is -2.05. The van der Waals surface area contributed by atoms with Crippen LogP contribution in [0, 0.1) is 0 Å². The zero-order chi connectivity index (χ0) is 12.2. The molecule has 0 saturated heterocycles. The summed E-state index contributed by atoms with van der Waals surface area (Å²) in [7, 11) is -3.06. The van der Waals surface area contributed by atoms with Gasteiger partial charge in [0, 0.05) is 18.5 Å². The van der Waals surface area contributed by atoms with Gasteiger partial charge in [-0.25, -0.2) is 13.4 Å². The molecule has 1 aromatic rings. The zero-order valence-electron chi connectivity index (χ0n) is 8.89. The van der Waals surface area contributed by atoms with Crippen LogP contribution < -0.4 is 5.56 Å². The van der Waals surface area contributed by atoms with Gasteiger partial charge < -0.3 is 0 Å². The summed E-state index contributed by atoms with van der Waals surface area (Å²) in [4.78, 5) is 15.3. The molecule has 0 saturated carbocycles. The molecule has 16 heavy (non-hydrogen) atoms. The van der Waals surface area contributed by atoms with Crippen molar-refractivity contribution in [2.75, 3.05) is 11.5 Å². The summed E-state index contributed by atoms with van der Waals surface area (Å²) in [5, 5.41) is 0. The predicted octanol–water partition coefficient (Wildman–Crippen LogP) is 0.831. The summed E-state index contributed by atoms with van der Waals surface area (Å²) in [5.74, 6) is 0.127. The van der Waals surface area contributed by atoms with Crippen LogP contribution in [0.4, 0.5) is 0 Å². The minimum Gasteiger partial charge on any atom is -0.297 e. The smallest absolute Gasteiger partial charge is 0.267 e. The third-order valence-electron chi connectivity index (χ3n) is 2.02. The monoisotopic (exact) mass is 308 g/mol. The molecule has 0 bridgehead atoms. The second kappa shape index (κ2) is 5.58. The fourth-order valence-electron chi connectivity index (χ4n) is 1.23. The van der Waals surface area contributed by atoms with Gasteiger partial charge in [-0.15, -0.1) is 0 Å². The molecule has 5 nitrogen and oxygen atoms in total. The third kappa shape index (κ3) is 3.71. The summed E-state index contributed by atoms with van der Waals surface area (Å²) >= 11 is 3.05. The van der Waals surface area contributed by atoms with E-state index in [1.165, 1.54) is 17.1 Å². The highest BCUT2D eigenvalue weighted by Gasteiger charge is 2.10. The highest BCUT2D eigenvalue weighted by molar-refractivity contribution is 9.10. The van der Waals surface area contributed by atoms with Crippen molar-refractivity contribution >= 4 is 25.8 Å². The van der Waals surface area contributed by atoms with Crippen LogP contribution in [0.3, 0.4) is 0 Å². The number of aryl methyl sites for hydroxylation is 1. The van der Waals surface area contributed by atoms with Gasteiger partial charge in [0.05, 0.1) is 12.1 Å². The van der Waals surface area contributed by atoms with Crippen LogP contribution in [-0.4, -0.2) is 29.5 Å². The average Bonchev–Trinajstić information content (AvgIpc) is 2.20. The van der Waals surface area contributed by atoms with E-state index in [0.717, 1.165) is 0 Å². The molecule has 0 amide bonds. The van der Waals surface area contributed by atoms with Crippen molar-refractivity contribution in [1.82, 2.24) is 9.55 Å². The highest BCUT2D eigenvalue weighted by Crippen LogP contribution is 1.99. The van der Waals surface area contributed by atoms with Crippen LogP contribution in [0.5, 0.6) is 0 Å². The molecule has 0 unspecified atom stereocenters. The number of sulfone groups is 1. The van der Waals surface area contributed by atoms with Gasteiger partial charge in [0.15, 0.2) is 9.84 Å². The molecule has 0 aliphatic heterocycles.